The summed E-state index contributed by atoms with van der Waals surface area (Å²) in [5, 5.41) is 6.01. The van der Waals surface area contributed by atoms with Crippen molar-refractivity contribution in [3.63, 3.8) is 0 Å². The van der Waals surface area contributed by atoms with Crippen LogP contribution in [0.15, 0.2) is 65.1 Å². The second-order valence-electron chi connectivity index (χ2n) is 4.87. The molecule has 0 radical (unpaired) electrons. The Morgan fingerprint density at radius 2 is 1.81 bits per heavy atom. The Morgan fingerprint density at radius 3 is 2.67 bits per heavy atom. The molecule has 21 heavy (non-hydrogen) atoms. The molecule has 0 atom stereocenters. The van der Waals surface area contributed by atoms with Crippen molar-refractivity contribution in [1.82, 2.24) is 0 Å². The molecule has 0 aliphatic heterocycles. The van der Waals surface area contributed by atoms with Crippen LogP contribution in [0.2, 0.25) is 0 Å². The normalized spacial score (nSPS) is 10.6. The van der Waals surface area contributed by atoms with Crippen LogP contribution in [0.25, 0.3) is 10.8 Å². The molecule has 1 N–H and O–H groups in total. The van der Waals surface area contributed by atoms with Gasteiger partial charge in [-0.3, -0.25) is 0 Å². The Morgan fingerprint density at radius 1 is 1.00 bits per heavy atom. The lowest BCUT2D eigenvalue weighted by molar-refractivity contribution is 0.414. The summed E-state index contributed by atoms with van der Waals surface area (Å²) < 4.78 is 6.29. The minimum atomic E-state index is 0.779. The Kier molecular flexibility index (Phi) is 4.11. The number of nitrogens with one attached hydrogen (secondary N) is 1. The Labute approximate surface area is 132 Å². The topological polar surface area (TPSA) is 21.3 Å². The summed E-state index contributed by atoms with van der Waals surface area (Å²) in [5.41, 5.74) is 2.32. The number of hydrogen-bond acceptors (Lipinski definition) is 2. The summed E-state index contributed by atoms with van der Waals surface area (Å²) in [6.45, 7) is 0.779. The highest BCUT2D eigenvalue weighted by molar-refractivity contribution is 9.10. The molecule has 106 valence electrons. The third-order valence-electron chi connectivity index (χ3n) is 3.47. The van der Waals surface area contributed by atoms with Crippen LogP contribution < -0.4 is 10.1 Å². The van der Waals surface area contributed by atoms with E-state index in [9.17, 15) is 0 Å². The Hall–Kier alpha value is -2.00. The maximum absolute atomic E-state index is 5.29. The first-order chi connectivity index (χ1) is 10.3. The lowest BCUT2D eigenvalue weighted by Crippen LogP contribution is -2.00. The summed E-state index contributed by atoms with van der Waals surface area (Å²) >= 11 is 3.50. The van der Waals surface area contributed by atoms with Crippen LogP contribution in [0.4, 0.5) is 5.69 Å². The predicted octanol–water partition coefficient (Wildman–Crippen LogP) is 5.22. The molecule has 0 aliphatic rings. The van der Waals surface area contributed by atoms with Crippen LogP contribution in [0.5, 0.6) is 5.75 Å². The number of benzene rings is 3. The van der Waals surface area contributed by atoms with Crippen LogP contribution in [0, 0.1) is 0 Å². The lowest BCUT2D eigenvalue weighted by Gasteiger charge is -2.11. The molecule has 3 heteroatoms. The molecule has 0 fully saturated rings. The quantitative estimate of drug-likeness (QED) is 0.702. The minimum absolute atomic E-state index is 0.779. The van der Waals surface area contributed by atoms with Gasteiger partial charge in [-0.25, -0.2) is 0 Å². The van der Waals surface area contributed by atoms with Crippen molar-refractivity contribution in [2.45, 2.75) is 6.54 Å². The zero-order chi connectivity index (χ0) is 14.7. The average molecular weight is 342 g/mol. The van der Waals surface area contributed by atoms with Gasteiger partial charge in [0.1, 0.15) is 5.75 Å². The molecule has 0 heterocycles. The van der Waals surface area contributed by atoms with Crippen LogP contribution in [0.3, 0.4) is 0 Å². The number of ether oxygens (including phenoxy) is 1. The summed E-state index contributed by atoms with van der Waals surface area (Å²) in [4.78, 5) is 0. The fourth-order valence-electron chi connectivity index (χ4n) is 2.43. The molecule has 0 bridgehead atoms. The second-order valence-corrected chi connectivity index (χ2v) is 5.79. The Balaban J connectivity index is 1.85. The molecular formula is C18H16BrNO. The van der Waals surface area contributed by atoms with Crippen molar-refractivity contribution in [3.8, 4) is 5.75 Å². The number of fused-ring (bicyclic) bond motifs is 1. The highest BCUT2D eigenvalue weighted by Gasteiger charge is 2.02. The first-order valence-corrected chi connectivity index (χ1v) is 7.60. The standard InChI is InChI=1S/C18H16BrNO/c1-21-17-10-15(19)9-16(11-17)20-12-14-7-4-6-13-5-2-3-8-18(13)14/h2-11,20H,12H2,1H3. The van der Waals surface area contributed by atoms with Gasteiger partial charge in [-0.2, -0.15) is 0 Å². The lowest BCUT2D eigenvalue weighted by atomic mass is 10.0. The zero-order valence-electron chi connectivity index (χ0n) is 11.8. The Bertz CT molecular complexity index is 765. The van der Waals surface area contributed by atoms with Gasteiger partial charge in [0, 0.05) is 22.8 Å². The van der Waals surface area contributed by atoms with E-state index in [4.69, 9.17) is 4.74 Å². The molecule has 2 nitrogen and oxygen atoms in total. The summed E-state index contributed by atoms with van der Waals surface area (Å²) in [6, 6.07) is 20.8. The summed E-state index contributed by atoms with van der Waals surface area (Å²) in [7, 11) is 1.68. The number of halogens is 1. The van der Waals surface area contributed by atoms with Crippen LogP contribution in [-0.4, -0.2) is 7.11 Å². The number of anilines is 1. The number of rotatable bonds is 4. The van der Waals surface area contributed by atoms with Gasteiger partial charge >= 0.3 is 0 Å². The van der Waals surface area contributed by atoms with E-state index in [1.165, 1.54) is 16.3 Å². The molecule has 0 saturated heterocycles. The molecule has 0 saturated carbocycles. The van der Waals surface area contributed by atoms with Crippen LogP contribution >= 0.6 is 15.9 Å². The van der Waals surface area contributed by atoms with Gasteiger partial charge in [-0.1, -0.05) is 58.4 Å². The summed E-state index contributed by atoms with van der Waals surface area (Å²) in [6.07, 6.45) is 0. The monoisotopic (exact) mass is 341 g/mol. The minimum Gasteiger partial charge on any atom is -0.497 e. The highest BCUT2D eigenvalue weighted by Crippen LogP contribution is 2.26. The van der Waals surface area contributed by atoms with E-state index in [0.717, 1.165) is 22.5 Å². The fraction of sp³-hybridized carbons (Fsp3) is 0.111. The van der Waals surface area contributed by atoms with Crippen molar-refractivity contribution < 1.29 is 4.74 Å². The molecule has 0 aromatic heterocycles. The van der Waals surface area contributed by atoms with Crippen molar-refractivity contribution >= 4 is 32.4 Å². The smallest absolute Gasteiger partial charge is 0.122 e. The molecule has 3 aromatic carbocycles. The maximum Gasteiger partial charge on any atom is 0.122 e. The fourth-order valence-corrected chi connectivity index (χ4v) is 2.90. The van der Waals surface area contributed by atoms with Gasteiger partial charge in [0.2, 0.25) is 0 Å². The van der Waals surface area contributed by atoms with Gasteiger partial charge in [-0.05, 0) is 28.5 Å². The molecule has 0 amide bonds. The predicted molar refractivity (Wildman–Crippen MR) is 92.0 cm³/mol. The average Bonchev–Trinajstić information content (AvgIpc) is 2.52. The van der Waals surface area contributed by atoms with E-state index in [1.54, 1.807) is 7.11 Å². The van der Waals surface area contributed by atoms with Crippen LogP contribution in [-0.2, 0) is 6.54 Å². The van der Waals surface area contributed by atoms with Crippen molar-refractivity contribution in [1.29, 1.82) is 0 Å². The molecule has 0 unspecified atom stereocenters. The number of methoxy groups -OCH3 is 1. The third-order valence-corrected chi connectivity index (χ3v) is 3.93. The van der Waals surface area contributed by atoms with Crippen LogP contribution in [0.1, 0.15) is 5.56 Å². The molecule has 0 spiro atoms. The third kappa shape index (κ3) is 3.19. The highest BCUT2D eigenvalue weighted by atomic mass is 79.9. The van der Waals surface area contributed by atoms with E-state index in [2.05, 4.69) is 63.7 Å². The molecule has 3 aromatic rings. The van der Waals surface area contributed by atoms with Crippen molar-refractivity contribution in [2.24, 2.45) is 0 Å². The maximum atomic E-state index is 5.29. The molecule has 3 rings (SSSR count). The number of hydrogen-bond donors (Lipinski definition) is 1. The molecule has 0 aliphatic carbocycles. The van der Waals surface area contributed by atoms with Gasteiger partial charge in [-0.15, -0.1) is 0 Å². The first kappa shape index (κ1) is 14.0. The van der Waals surface area contributed by atoms with Gasteiger partial charge in [0.05, 0.1) is 7.11 Å². The van der Waals surface area contributed by atoms with Crippen molar-refractivity contribution in [3.05, 3.63) is 70.7 Å². The van der Waals surface area contributed by atoms with Crippen molar-refractivity contribution in [2.75, 3.05) is 12.4 Å². The largest absolute Gasteiger partial charge is 0.497 e. The van der Waals surface area contributed by atoms with Gasteiger partial charge < -0.3 is 10.1 Å². The zero-order valence-corrected chi connectivity index (χ0v) is 13.4. The van der Waals surface area contributed by atoms with E-state index in [0.29, 0.717) is 0 Å². The second kappa shape index (κ2) is 6.19. The first-order valence-electron chi connectivity index (χ1n) is 6.81. The van der Waals surface area contributed by atoms with E-state index < -0.39 is 0 Å². The SMILES string of the molecule is COc1cc(Br)cc(NCc2cccc3ccccc23)c1. The van der Waals surface area contributed by atoms with Gasteiger partial charge in [0.25, 0.3) is 0 Å². The van der Waals surface area contributed by atoms with E-state index in [-0.39, 0.29) is 0 Å². The van der Waals surface area contributed by atoms with E-state index >= 15 is 0 Å². The van der Waals surface area contributed by atoms with E-state index in [1.807, 2.05) is 18.2 Å². The van der Waals surface area contributed by atoms with Gasteiger partial charge in [0.15, 0.2) is 0 Å². The summed E-state index contributed by atoms with van der Waals surface area (Å²) in [5.74, 6) is 0.838. The molecular weight excluding hydrogens is 326 g/mol.